The molecule has 2 fully saturated rings. The Morgan fingerprint density at radius 3 is 2.19 bits per heavy atom. The van der Waals surface area contributed by atoms with Gasteiger partial charge in [-0.2, -0.15) is 0 Å². The first-order valence-corrected chi connectivity index (χ1v) is 11.4. The van der Waals surface area contributed by atoms with Crippen molar-refractivity contribution in [3.8, 4) is 0 Å². The second-order valence-electron chi connectivity index (χ2n) is 8.36. The van der Waals surface area contributed by atoms with Gasteiger partial charge in [-0.3, -0.25) is 14.8 Å². The largest absolute Gasteiger partial charge is 0.379 e. The maximum absolute atomic E-state index is 5.46. The van der Waals surface area contributed by atoms with Crippen LogP contribution in [0.1, 0.15) is 16.7 Å². The molecule has 2 saturated heterocycles. The molecule has 2 aromatic rings. The molecular formula is C25H35N5O. The summed E-state index contributed by atoms with van der Waals surface area (Å²) in [6.45, 7) is 10.7. The van der Waals surface area contributed by atoms with Crippen LogP contribution in [0.15, 0.2) is 59.6 Å². The highest BCUT2D eigenvalue weighted by Gasteiger charge is 2.19. The average Bonchev–Trinajstić information content (AvgIpc) is 2.82. The quantitative estimate of drug-likeness (QED) is 0.573. The van der Waals surface area contributed by atoms with Crippen LogP contribution >= 0.6 is 0 Å². The minimum atomic E-state index is 0.799. The van der Waals surface area contributed by atoms with Gasteiger partial charge in [0, 0.05) is 66.0 Å². The molecule has 6 nitrogen and oxygen atoms in total. The van der Waals surface area contributed by atoms with E-state index in [0.29, 0.717) is 0 Å². The molecule has 0 radical (unpaired) electrons. The zero-order valence-electron chi connectivity index (χ0n) is 18.7. The Balaban J connectivity index is 1.25. The van der Waals surface area contributed by atoms with E-state index in [1.807, 2.05) is 7.05 Å². The van der Waals surface area contributed by atoms with E-state index in [1.165, 1.54) is 16.7 Å². The lowest BCUT2D eigenvalue weighted by Crippen LogP contribution is -2.52. The Kier molecular flexibility index (Phi) is 7.93. The number of nitrogens with one attached hydrogen (secondary N) is 1. The zero-order valence-corrected chi connectivity index (χ0v) is 18.7. The van der Waals surface area contributed by atoms with Gasteiger partial charge in [-0.15, -0.1) is 0 Å². The lowest BCUT2D eigenvalue weighted by atomic mass is 10.1. The fourth-order valence-electron chi connectivity index (χ4n) is 4.33. The third-order valence-electron chi connectivity index (χ3n) is 6.08. The van der Waals surface area contributed by atoms with E-state index in [1.54, 1.807) is 0 Å². The van der Waals surface area contributed by atoms with Crippen molar-refractivity contribution in [1.29, 1.82) is 0 Å². The Bertz CT molecular complexity index is 827. The van der Waals surface area contributed by atoms with Crippen LogP contribution in [-0.4, -0.2) is 80.2 Å². The van der Waals surface area contributed by atoms with Crippen molar-refractivity contribution in [2.45, 2.75) is 19.6 Å². The van der Waals surface area contributed by atoms with Gasteiger partial charge in [0.05, 0.1) is 13.2 Å². The molecule has 0 saturated carbocycles. The monoisotopic (exact) mass is 421 g/mol. The molecular weight excluding hydrogens is 386 g/mol. The van der Waals surface area contributed by atoms with Crippen LogP contribution < -0.4 is 5.32 Å². The third-order valence-corrected chi connectivity index (χ3v) is 6.08. The summed E-state index contributed by atoms with van der Waals surface area (Å²) in [4.78, 5) is 11.9. The fourth-order valence-corrected chi connectivity index (χ4v) is 4.33. The molecule has 2 aromatic carbocycles. The van der Waals surface area contributed by atoms with E-state index in [0.717, 1.165) is 78.1 Å². The number of morpholine rings is 1. The van der Waals surface area contributed by atoms with Crippen LogP contribution in [0.4, 0.5) is 0 Å². The summed E-state index contributed by atoms with van der Waals surface area (Å²) < 4.78 is 5.46. The van der Waals surface area contributed by atoms with E-state index >= 15 is 0 Å². The molecule has 0 unspecified atom stereocenters. The van der Waals surface area contributed by atoms with Gasteiger partial charge in [0.15, 0.2) is 5.96 Å². The summed E-state index contributed by atoms with van der Waals surface area (Å²) in [5.41, 5.74) is 4.05. The fraction of sp³-hybridized carbons (Fsp3) is 0.480. The van der Waals surface area contributed by atoms with Gasteiger partial charge in [-0.1, -0.05) is 54.6 Å². The van der Waals surface area contributed by atoms with Crippen molar-refractivity contribution in [3.63, 3.8) is 0 Å². The molecule has 31 heavy (non-hydrogen) atoms. The average molecular weight is 422 g/mol. The molecule has 6 heteroatoms. The van der Waals surface area contributed by atoms with Gasteiger partial charge in [-0.05, 0) is 16.7 Å². The van der Waals surface area contributed by atoms with Gasteiger partial charge < -0.3 is 15.0 Å². The van der Waals surface area contributed by atoms with E-state index in [2.05, 4.69) is 79.6 Å². The summed E-state index contributed by atoms with van der Waals surface area (Å²) in [6, 6.07) is 19.6. The molecule has 0 spiro atoms. The highest BCUT2D eigenvalue weighted by atomic mass is 16.5. The lowest BCUT2D eigenvalue weighted by molar-refractivity contribution is 0.0342. The van der Waals surface area contributed by atoms with Crippen molar-refractivity contribution in [1.82, 2.24) is 20.0 Å². The first-order valence-electron chi connectivity index (χ1n) is 11.4. The summed E-state index contributed by atoms with van der Waals surface area (Å²) in [5.74, 6) is 0.998. The number of guanidine groups is 1. The number of piperazine rings is 1. The predicted octanol–water partition coefficient (Wildman–Crippen LogP) is 2.41. The summed E-state index contributed by atoms with van der Waals surface area (Å²) >= 11 is 0. The highest BCUT2D eigenvalue weighted by Crippen LogP contribution is 2.11. The Hall–Kier alpha value is -2.41. The maximum atomic E-state index is 5.46. The van der Waals surface area contributed by atoms with Crippen LogP contribution in [0.25, 0.3) is 0 Å². The SMILES string of the molecule is CN=C(NCc1cccc(CN2CCOCC2)c1)N1CCN(Cc2ccccc2)CC1. The van der Waals surface area contributed by atoms with Crippen LogP contribution in [0, 0.1) is 0 Å². The van der Waals surface area contributed by atoms with Crippen LogP contribution in [-0.2, 0) is 24.4 Å². The predicted molar refractivity (Wildman–Crippen MR) is 126 cm³/mol. The second-order valence-corrected chi connectivity index (χ2v) is 8.36. The first-order chi connectivity index (χ1) is 15.3. The molecule has 2 heterocycles. The Morgan fingerprint density at radius 1 is 0.806 bits per heavy atom. The minimum Gasteiger partial charge on any atom is -0.379 e. The number of hydrogen-bond donors (Lipinski definition) is 1. The molecule has 166 valence electrons. The molecule has 1 N–H and O–H groups in total. The van der Waals surface area contributed by atoms with Gasteiger partial charge in [0.25, 0.3) is 0 Å². The van der Waals surface area contributed by atoms with E-state index in [4.69, 9.17) is 4.74 Å². The highest BCUT2D eigenvalue weighted by molar-refractivity contribution is 5.80. The molecule has 0 aromatic heterocycles. The number of rotatable bonds is 6. The molecule has 0 aliphatic carbocycles. The number of hydrogen-bond acceptors (Lipinski definition) is 4. The topological polar surface area (TPSA) is 43.3 Å². The van der Waals surface area contributed by atoms with Crippen LogP contribution in [0.5, 0.6) is 0 Å². The normalized spacial score (nSPS) is 18.9. The van der Waals surface area contributed by atoms with Crippen LogP contribution in [0.2, 0.25) is 0 Å². The Labute approximate surface area is 186 Å². The molecule has 2 aliphatic heterocycles. The van der Waals surface area contributed by atoms with Crippen molar-refractivity contribution in [3.05, 3.63) is 71.3 Å². The van der Waals surface area contributed by atoms with Crippen molar-refractivity contribution in [2.75, 3.05) is 59.5 Å². The second kappa shape index (κ2) is 11.3. The first kappa shape index (κ1) is 21.8. The van der Waals surface area contributed by atoms with Crippen molar-refractivity contribution >= 4 is 5.96 Å². The molecule has 4 rings (SSSR count). The lowest BCUT2D eigenvalue weighted by Gasteiger charge is -2.36. The van der Waals surface area contributed by atoms with E-state index in [9.17, 15) is 0 Å². The standard InChI is InChI=1S/C25H35N5O/c1-26-25(30-12-10-28(11-13-30)20-22-6-3-2-4-7-22)27-19-23-8-5-9-24(18-23)21-29-14-16-31-17-15-29/h2-9,18H,10-17,19-21H2,1H3,(H,26,27). The van der Waals surface area contributed by atoms with Gasteiger partial charge in [0.1, 0.15) is 0 Å². The summed E-state index contributed by atoms with van der Waals surface area (Å²) in [7, 11) is 1.88. The molecule has 0 bridgehead atoms. The van der Waals surface area contributed by atoms with Gasteiger partial charge >= 0.3 is 0 Å². The maximum Gasteiger partial charge on any atom is 0.194 e. The number of nitrogens with zero attached hydrogens (tertiary/aromatic N) is 4. The van der Waals surface area contributed by atoms with Crippen molar-refractivity contribution < 1.29 is 4.74 Å². The minimum absolute atomic E-state index is 0.799. The zero-order chi connectivity index (χ0) is 21.3. The molecule has 0 amide bonds. The smallest absolute Gasteiger partial charge is 0.194 e. The number of aliphatic imine (C=N–C) groups is 1. The van der Waals surface area contributed by atoms with Gasteiger partial charge in [0.2, 0.25) is 0 Å². The van der Waals surface area contributed by atoms with E-state index < -0.39 is 0 Å². The molecule has 0 atom stereocenters. The Morgan fingerprint density at radius 2 is 1.45 bits per heavy atom. The van der Waals surface area contributed by atoms with Gasteiger partial charge in [-0.25, -0.2) is 0 Å². The number of benzene rings is 2. The van der Waals surface area contributed by atoms with Crippen molar-refractivity contribution in [2.24, 2.45) is 4.99 Å². The van der Waals surface area contributed by atoms with E-state index in [-0.39, 0.29) is 0 Å². The molecule has 2 aliphatic rings. The summed E-state index contributed by atoms with van der Waals surface area (Å²) in [6.07, 6.45) is 0. The summed E-state index contributed by atoms with van der Waals surface area (Å²) in [5, 5.41) is 3.57. The van der Waals surface area contributed by atoms with Crippen LogP contribution in [0.3, 0.4) is 0 Å². The third kappa shape index (κ3) is 6.53. The number of ether oxygens (including phenoxy) is 1.